The van der Waals surface area contributed by atoms with E-state index in [1.165, 1.54) is 6.07 Å². The minimum absolute atomic E-state index is 0.254. The fourth-order valence-corrected chi connectivity index (χ4v) is 2.12. The second-order valence-corrected chi connectivity index (χ2v) is 5.33. The van der Waals surface area contributed by atoms with E-state index in [1.807, 2.05) is 0 Å². The Labute approximate surface area is 124 Å². The van der Waals surface area contributed by atoms with Crippen LogP contribution in [0.15, 0.2) is 22.7 Å². The van der Waals surface area contributed by atoms with Crippen molar-refractivity contribution >= 4 is 15.9 Å². The van der Waals surface area contributed by atoms with Crippen molar-refractivity contribution in [2.24, 2.45) is 0 Å². The Hall–Kier alpha value is -0.790. The van der Waals surface area contributed by atoms with E-state index in [2.05, 4.69) is 26.0 Å². The molecule has 0 saturated carbocycles. The number of aliphatic hydroxyl groups excluding tert-OH is 1. The summed E-state index contributed by atoms with van der Waals surface area (Å²) in [7, 11) is 0. The summed E-state index contributed by atoms with van der Waals surface area (Å²) in [5, 5.41) is 12.2. The maximum absolute atomic E-state index is 12.1. The highest BCUT2D eigenvalue weighted by atomic mass is 79.9. The molecular weight excluding hydrogens is 339 g/mol. The van der Waals surface area contributed by atoms with Gasteiger partial charge in [-0.15, -0.1) is 13.2 Å². The van der Waals surface area contributed by atoms with E-state index < -0.39 is 6.36 Å². The number of hydrogen-bond acceptors (Lipinski definition) is 3. The summed E-state index contributed by atoms with van der Waals surface area (Å²) in [6.45, 7) is 3.02. The van der Waals surface area contributed by atoms with Gasteiger partial charge in [0, 0.05) is 6.54 Å². The first-order valence-corrected chi connectivity index (χ1v) is 7.00. The number of rotatable bonds is 7. The zero-order chi connectivity index (χ0) is 15.2. The maximum Gasteiger partial charge on any atom is 0.573 e. The minimum atomic E-state index is -4.69. The summed E-state index contributed by atoms with van der Waals surface area (Å²) in [6.07, 6.45) is -3.45. The smallest absolute Gasteiger partial charge is 0.405 e. The lowest BCUT2D eigenvalue weighted by Gasteiger charge is -2.12. The van der Waals surface area contributed by atoms with E-state index in [1.54, 1.807) is 19.1 Å². The Morgan fingerprint density at radius 1 is 1.40 bits per heavy atom. The third-order valence-corrected chi connectivity index (χ3v) is 3.15. The molecule has 114 valence electrons. The van der Waals surface area contributed by atoms with E-state index in [9.17, 15) is 13.2 Å². The molecular formula is C13H17BrF3NO2. The second kappa shape index (κ2) is 7.85. The molecule has 0 heterocycles. The predicted octanol–water partition coefficient (Wildman–Crippen LogP) is 3.60. The van der Waals surface area contributed by atoms with Crippen LogP contribution < -0.4 is 10.1 Å². The van der Waals surface area contributed by atoms with Crippen molar-refractivity contribution in [1.29, 1.82) is 0 Å². The molecule has 1 unspecified atom stereocenters. The highest BCUT2D eigenvalue weighted by Gasteiger charge is 2.31. The summed E-state index contributed by atoms with van der Waals surface area (Å²) < 4.78 is 40.4. The molecule has 1 aromatic rings. The molecule has 0 radical (unpaired) electrons. The molecule has 0 aliphatic rings. The average molecular weight is 356 g/mol. The van der Waals surface area contributed by atoms with E-state index >= 15 is 0 Å². The Morgan fingerprint density at radius 2 is 2.10 bits per heavy atom. The lowest BCUT2D eigenvalue weighted by atomic mass is 10.2. The number of aliphatic hydroxyl groups is 1. The quantitative estimate of drug-likeness (QED) is 0.734. The topological polar surface area (TPSA) is 41.5 Å². The average Bonchev–Trinajstić information content (AvgIpc) is 2.30. The van der Waals surface area contributed by atoms with Gasteiger partial charge in [0.2, 0.25) is 0 Å². The van der Waals surface area contributed by atoms with Crippen molar-refractivity contribution in [2.45, 2.75) is 38.8 Å². The first kappa shape index (κ1) is 17.3. The van der Waals surface area contributed by atoms with E-state index in [4.69, 9.17) is 5.11 Å². The Morgan fingerprint density at radius 3 is 2.65 bits per heavy atom. The van der Waals surface area contributed by atoms with Gasteiger partial charge in [-0.25, -0.2) is 0 Å². The van der Waals surface area contributed by atoms with Crippen LogP contribution >= 0.6 is 15.9 Å². The lowest BCUT2D eigenvalue weighted by Crippen LogP contribution is -2.18. The van der Waals surface area contributed by atoms with Crippen LogP contribution in [-0.4, -0.2) is 24.1 Å². The third-order valence-electron chi connectivity index (χ3n) is 2.53. The van der Waals surface area contributed by atoms with E-state index in [0.29, 0.717) is 6.54 Å². The number of halogens is 4. The molecule has 0 fully saturated rings. The van der Waals surface area contributed by atoms with Gasteiger partial charge in [-0.05, 0) is 59.9 Å². The number of alkyl halides is 3. The Bertz CT molecular complexity index is 425. The molecule has 3 nitrogen and oxygen atoms in total. The van der Waals surface area contributed by atoms with E-state index in [0.717, 1.165) is 24.9 Å². The summed E-state index contributed by atoms with van der Waals surface area (Å²) in [4.78, 5) is 0. The SMILES string of the molecule is CC(O)CCCNCc1ccc(OC(F)(F)F)c(Br)c1. The van der Waals surface area contributed by atoms with Crippen LogP contribution in [0.4, 0.5) is 13.2 Å². The fourth-order valence-electron chi connectivity index (χ4n) is 1.62. The first-order valence-electron chi connectivity index (χ1n) is 6.21. The van der Waals surface area contributed by atoms with Gasteiger partial charge in [0.25, 0.3) is 0 Å². The highest BCUT2D eigenvalue weighted by Crippen LogP contribution is 2.30. The van der Waals surface area contributed by atoms with Gasteiger partial charge in [0.1, 0.15) is 5.75 Å². The van der Waals surface area contributed by atoms with Gasteiger partial charge in [-0.3, -0.25) is 0 Å². The minimum Gasteiger partial charge on any atom is -0.405 e. The molecule has 0 aromatic heterocycles. The first-order chi connectivity index (χ1) is 9.28. The molecule has 7 heteroatoms. The standard InChI is InChI=1S/C13H17BrF3NO2/c1-9(19)3-2-6-18-8-10-4-5-12(11(14)7-10)20-13(15,16)17/h4-5,7,9,18-19H,2-3,6,8H2,1H3. The maximum atomic E-state index is 12.1. The van der Waals surface area contributed by atoms with Crippen LogP contribution in [-0.2, 0) is 6.54 Å². The van der Waals surface area contributed by atoms with Crippen LogP contribution in [0.1, 0.15) is 25.3 Å². The second-order valence-electron chi connectivity index (χ2n) is 4.48. The summed E-state index contributed by atoms with van der Waals surface area (Å²) in [6, 6.07) is 4.45. The van der Waals surface area contributed by atoms with Crippen molar-refractivity contribution < 1.29 is 23.0 Å². The van der Waals surface area contributed by atoms with Crippen molar-refractivity contribution in [1.82, 2.24) is 5.32 Å². The van der Waals surface area contributed by atoms with E-state index in [-0.39, 0.29) is 16.3 Å². The molecule has 0 spiro atoms. The molecule has 2 N–H and O–H groups in total. The molecule has 1 rings (SSSR count). The van der Waals surface area contributed by atoms with Crippen LogP contribution in [0.3, 0.4) is 0 Å². The van der Waals surface area contributed by atoms with Gasteiger partial charge in [0.05, 0.1) is 10.6 Å². The Balaban J connectivity index is 2.43. The fraction of sp³-hybridized carbons (Fsp3) is 0.538. The van der Waals surface area contributed by atoms with Gasteiger partial charge >= 0.3 is 6.36 Å². The van der Waals surface area contributed by atoms with Crippen LogP contribution in [0.2, 0.25) is 0 Å². The van der Waals surface area contributed by atoms with Gasteiger partial charge in [0.15, 0.2) is 0 Å². The molecule has 20 heavy (non-hydrogen) atoms. The van der Waals surface area contributed by atoms with Crippen molar-refractivity contribution in [2.75, 3.05) is 6.54 Å². The van der Waals surface area contributed by atoms with Crippen molar-refractivity contribution in [3.63, 3.8) is 0 Å². The largest absolute Gasteiger partial charge is 0.573 e. The van der Waals surface area contributed by atoms with Crippen LogP contribution in [0.25, 0.3) is 0 Å². The molecule has 1 aromatic carbocycles. The van der Waals surface area contributed by atoms with Crippen molar-refractivity contribution in [3.8, 4) is 5.75 Å². The highest BCUT2D eigenvalue weighted by molar-refractivity contribution is 9.10. The third kappa shape index (κ3) is 7.12. The van der Waals surface area contributed by atoms with Gasteiger partial charge < -0.3 is 15.2 Å². The molecule has 0 amide bonds. The number of benzene rings is 1. The summed E-state index contributed by atoms with van der Waals surface area (Å²) in [5.41, 5.74) is 0.850. The lowest BCUT2D eigenvalue weighted by molar-refractivity contribution is -0.274. The molecule has 0 bridgehead atoms. The summed E-state index contributed by atoms with van der Waals surface area (Å²) in [5.74, 6) is -0.254. The van der Waals surface area contributed by atoms with Crippen molar-refractivity contribution in [3.05, 3.63) is 28.2 Å². The van der Waals surface area contributed by atoms with Gasteiger partial charge in [-0.2, -0.15) is 0 Å². The summed E-state index contributed by atoms with van der Waals surface area (Å²) >= 11 is 3.06. The Kier molecular flexibility index (Phi) is 6.78. The van der Waals surface area contributed by atoms with Crippen LogP contribution in [0.5, 0.6) is 5.75 Å². The normalized spacial score (nSPS) is 13.3. The molecule has 0 aliphatic carbocycles. The van der Waals surface area contributed by atoms with Gasteiger partial charge in [-0.1, -0.05) is 6.07 Å². The predicted molar refractivity (Wildman–Crippen MR) is 73.4 cm³/mol. The number of hydrogen-bond donors (Lipinski definition) is 2. The van der Waals surface area contributed by atoms with Crippen LogP contribution in [0, 0.1) is 0 Å². The molecule has 1 atom stereocenters. The zero-order valence-corrected chi connectivity index (χ0v) is 12.6. The zero-order valence-electron chi connectivity index (χ0n) is 11.0. The number of nitrogens with one attached hydrogen (secondary N) is 1. The molecule has 0 aliphatic heterocycles. The molecule has 0 saturated heterocycles. The number of ether oxygens (including phenoxy) is 1. The monoisotopic (exact) mass is 355 g/mol.